The number of nitrogens with zero attached hydrogens (tertiary/aromatic N) is 2. The van der Waals surface area contributed by atoms with E-state index >= 15 is 0 Å². The highest BCUT2D eigenvalue weighted by molar-refractivity contribution is 7.15. The summed E-state index contributed by atoms with van der Waals surface area (Å²) in [4.78, 5) is 8.86. The SMILES string of the molecule is Cc1nc(CC#N)sc1-c1c[nH]c2ccccc12. The third-order valence-corrected chi connectivity index (χ3v) is 4.10. The second-order valence-corrected chi connectivity index (χ2v) is 5.19. The topological polar surface area (TPSA) is 52.5 Å². The molecule has 0 saturated heterocycles. The molecule has 0 aliphatic carbocycles. The maximum absolute atomic E-state index is 8.73. The lowest BCUT2D eigenvalue weighted by molar-refractivity contribution is 1.14. The van der Waals surface area contributed by atoms with Crippen LogP contribution in [-0.2, 0) is 6.42 Å². The summed E-state index contributed by atoms with van der Waals surface area (Å²) in [5, 5.41) is 10.8. The first-order valence-electron chi connectivity index (χ1n) is 5.69. The molecule has 0 amide bonds. The maximum atomic E-state index is 8.73. The first-order valence-corrected chi connectivity index (χ1v) is 6.51. The minimum atomic E-state index is 0.383. The van der Waals surface area contributed by atoms with Gasteiger partial charge < -0.3 is 4.98 Å². The van der Waals surface area contributed by atoms with Crippen LogP contribution in [0, 0.1) is 18.3 Å². The summed E-state index contributed by atoms with van der Waals surface area (Å²) < 4.78 is 0. The van der Waals surface area contributed by atoms with Gasteiger partial charge in [0.15, 0.2) is 0 Å². The van der Waals surface area contributed by atoms with E-state index in [-0.39, 0.29) is 0 Å². The number of para-hydroxylation sites is 1. The molecule has 4 heteroatoms. The third-order valence-electron chi connectivity index (χ3n) is 2.91. The monoisotopic (exact) mass is 253 g/mol. The Morgan fingerprint density at radius 2 is 2.22 bits per heavy atom. The molecule has 1 aromatic carbocycles. The number of thiazole rings is 1. The number of aromatic amines is 1. The Morgan fingerprint density at radius 3 is 3.06 bits per heavy atom. The van der Waals surface area contributed by atoms with Gasteiger partial charge in [0.05, 0.1) is 23.1 Å². The molecule has 0 aliphatic rings. The quantitative estimate of drug-likeness (QED) is 0.757. The Bertz CT molecular complexity index is 746. The minimum Gasteiger partial charge on any atom is -0.361 e. The van der Waals surface area contributed by atoms with E-state index in [1.54, 1.807) is 11.3 Å². The summed E-state index contributed by atoms with van der Waals surface area (Å²) in [7, 11) is 0. The molecule has 0 fully saturated rings. The molecule has 1 N–H and O–H groups in total. The van der Waals surface area contributed by atoms with Crippen molar-refractivity contribution in [3.05, 3.63) is 41.2 Å². The highest BCUT2D eigenvalue weighted by Crippen LogP contribution is 2.35. The van der Waals surface area contributed by atoms with Crippen molar-refractivity contribution >= 4 is 22.2 Å². The predicted molar refractivity (Wildman–Crippen MR) is 73.5 cm³/mol. The number of hydrogen-bond donors (Lipinski definition) is 1. The smallest absolute Gasteiger partial charge is 0.108 e. The summed E-state index contributed by atoms with van der Waals surface area (Å²) in [6.45, 7) is 1.99. The van der Waals surface area contributed by atoms with E-state index in [0.29, 0.717) is 6.42 Å². The summed E-state index contributed by atoms with van der Waals surface area (Å²) in [5.41, 5.74) is 3.29. The van der Waals surface area contributed by atoms with E-state index in [2.05, 4.69) is 28.2 Å². The Morgan fingerprint density at radius 1 is 1.39 bits per heavy atom. The molecule has 0 aliphatic heterocycles. The van der Waals surface area contributed by atoms with Gasteiger partial charge in [-0.05, 0) is 13.0 Å². The van der Waals surface area contributed by atoms with Gasteiger partial charge in [0, 0.05) is 22.7 Å². The summed E-state index contributed by atoms with van der Waals surface area (Å²) in [6.07, 6.45) is 2.40. The summed E-state index contributed by atoms with van der Waals surface area (Å²) >= 11 is 1.60. The fourth-order valence-electron chi connectivity index (χ4n) is 2.10. The van der Waals surface area contributed by atoms with E-state index in [4.69, 9.17) is 5.26 Å². The Labute approximate surface area is 109 Å². The lowest BCUT2D eigenvalue weighted by Crippen LogP contribution is -1.79. The number of benzene rings is 1. The van der Waals surface area contributed by atoms with Crippen molar-refractivity contribution in [2.45, 2.75) is 13.3 Å². The van der Waals surface area contributed by atoms with Crippen LogP contribution in [0.1, 0.15) is 10.7 Å². The van der Waals surface area contributed by atoms with E-state index in [1.165, 1.54) is 10.9 Å². The Balaban J connectivity index is 2.17. The van der Waals surface area contributed by atoms with Crippen molar-refractivity contribution in [2.75, 3.05) is 0 Å². The van der Waals surface area contributed by atoms with Gasteiger partial charge in [-0.25, -0.2) is 4.98 Å². The normalized spacial score (nSPS) is 10.7. The number of hydrogen-bond acceptors (Lipinski definition) is 3. The molecule has 3 nitrogen and oxygen atoms in total. The van der Waals surface area contributed by atoms with Crippen molar-refractivity contribution < 1.29 is 0 Å². The third kappa shape index (κ3) is 1.69. The van der Waals surface area contributed by atoms with Crippen molar-refractivity contribution in [1.82, 2.24) is 9.97 Å². The second-order valence-electron chi connectivity index (χ2n) is 4.10. The zero-order chi connectivity index (χ0) is 12.5. The molecule has 0 atom stereocenters. The molecule has 0 unspecified atom stereocenters. The van der Waals surface area contributed by atoms with Crippen LogP contribution in [0.15, 0.2) is 30.5 Å². The number of nitrogens with one attached hydrogen (secondary N) is 1. The molecule has 0 radical (unpaired) electrons. The van der Waals surface area contributed by atoms with Crippen LogP contribution in [0.25, 0.3) is 21.3 Å². The van der Waals surface area contributed by atoms with Gasteiger partial charge in [0.2, 0.25) is 0 Å². The first kappa shape index (κ1) is 11.0. The lowest BCUT2D eigenvalue weighted by Gasteiger charge is -1.95. The molecule has 88 valence electrons. The number of H-pyrrole nitrogens is 1. The molecule has 18 heavy (non-hydrogen) atoms. The average molecular weight is 253 g/mol. The fraction of sp³-hybridized carbons (Fsp3) is 0.143. The number of fused-ring (bicyclic) bond motifs is 1. The van der Waals surface area contributed by atoms with Crippen LogP contribution in [0.3, 0.4) is 0 Å². The molecule has 2 heterocycles. The van der Waals surface area contributed by atoms with Crippen molar-refractivity contribution in [2.24, 2.45) is 0 Å². The number of aromatic nitrogens is 2. The summed E-state index contributed by atoms with van der Waals surface area (Å²) in [5.74, 6) is 0. The number of rotatable bonds is 2. The predicted octanol–water partition coefficient (Wildman–Crippen LogP) is 3.67. The van der Waals surface area contributed by atoms with Gasteiger partial charge in [-0.3, -0.25) is 0 Å². The molecule has 0 spiro atoms. The van der Waals surface area contributed by atoms with Crippen molar-refractivity contribution in [1.29, 1.82) is 5.26 Å². The zero-order valence-electron chi connectivity index (χ0n) is 9.90. The van der Waals surface area contributed by atoms with Gasteiger partial charge >= 0.3 is 0 Å². The van der Waals surface area contributed by atoms with Crippen LogP contribution in [0.4, 0.5) is 0 Å². The Hall–Kier alpha value is -2.12. The minimum absolute atomic E-state index is 0.383. The van der Waals surface area contributed by atoms with Crippen molar-refractivity contribution in [3.8, 4) is 16.5 Å². The standard InChI is InChI=1S/C14H11N3S/c1-9-14(18-13(17-9)6-7-15)11-8-16-12-5-3-2-4-10(11)12/h2-5,8,16H,6H2,1H3. The average Bonchev–Trinajstić information content (AvgIpc) is 2.93. The van der Waals surface area contributed by atoms with Gasteiger partial charge in [-0.1, -0.05) is 18.2 Å². The molecular weight excluding hydrogens is 242 g/mol. The van der Waals surface area contributed by atoms with Crippen LogP contribution in [-0.4, -0.2) is 9.97 Å². The largest absolute Gasteiger partial charge is 0.361 e. The number of aryl methyl sites for hydroxylation is 1. The van der Waals surface area contributed by atoms with Crippen LogP contribution < -0.4 is 0 Å². The van der Waals surface area contributed by atoms with Gasteiger partial charge in [0.1, 0.15) is 5.01 Å². The molecule has 0 bridgehead atoms. The molecular formula is C14H11N3S. The van der Waals surface area contributed by atoms with Crippen LogP contribution in [0.5, 0.6) is 0 Å². The fourth-order valence-corrected chi connectivity index (χ4v) is 3.13. The maximum Gasteiger partial charge on any atom is 0.108 e. The first-order chi connectivity index (χ1) is 8.79. The molecule has 3 rings (SSSR count). The van der Waals surface area contributed by atoms with E-state index in [1.807, 2.05) is 25.3 Å². The zero-order valence-corrected chi connectivity index (χ0v) is 10.7. The van der Waals surface area contributed by atoms with E-state index < -0.39 is 0 Å². The van der Waals surface area contributed by atoms with Crippen LogP contribution >= 0.6 is 11.3 Å². The highest BCUT2D eigenvalue weighted by Gasteiger charge is 2.13. The van der Waals surface area contributed by atoms with E-state index in [9.17, 15) is 0 Å². The summed E-state index contributed by atoms with van der Waals surface area (Å²) in [6, 6.07) is 10.4. The second kappa shape index (κ2) is 4.28. The van der Waals surface area contributed by atoms with Crippen LogP contribution in [0.2, 0.25) is 0 Å². The molecule has 0 saturated carbocycles. The van der Waals surface area contributed by atoms with E-state index in [0.717, 1.165) is 21.1 Å². The highest BCUT2D eigenvalue weighted by atomic mass is 32.1. The van der Waals surface area contributed by atoms with Crippen molar-refractivity contribution in [3.63, 3.8) is 0 Å². The van der Waals surface area contributed by atoms with Gasteiger partial charge in [0.25, 0.3) is 0 Å². The van der Waals surface area contributed by atoms with Gasteiger partial charge in [-0.2, -0.15) is 5.26 Å². The van der Waals surface area contributed by atoms with Gasteiger partial charge in [-0.15, -0.1) is 11.3 Å². The lowest BCUT2D eigenvalue weighted by atomic mass is 10.1. The molecule has 2 aromatic heterocycles. The Kier molecular flexibility index (Phi) is 2.62. The number of nitriles is 1. The molecule has 3 aromatic rings.